The minimum atomic E-state index is -0.573. The van der Waals surface area contributed by atoms with Crippen molar-refractivity contribution in [1.82, 2.24) is 15.2 Å². The smallest absolute Gasteiger partial charge is 0.292 e. The Bertz CT molecular complexity index is 1110. The second kappa shape index (κ2) is 8.34. The van der Waals surface area contributed by atoms with Crippen LogP contribution in [-0.4, -0.2) is 32.1 Å². The van der Waals surface area contributed by atoms with Crippen LogP contribution in [0.5, 0.6) is 11.5 Å². The summed E-state index contributed by atoms with van der Waals surface area (Å²) in [6, 6.07) is 10.8. The van der Waals surface area contributed by atoms with Gasteiger partial charge in [0, 0.05) is 23.6 Å². The van der Waals surface area contributed by atoms with Crippen molar-refractivity contribution in [1.29, 1.82) is 0 Å². The molecule has 144 valence electrons. The summed E-state index contributed by atoms with van der Waals surface area (Å²) in [7, 11) is 0. The molecule has 0 saturated carbocycles. The van der Waals surface area contributed by atoms with Crippen LogP contribution in [0.25, 0.3) is 10.8 Å². The number of carbonyl (C=O) groups is 1. The van der Waals surface area contributed by atoms with Crippen molar-refractivity contribution < 1.29 is 15.0 Å². The Balaban J connectivity index is 1.91. The van der Waals surface area contributed by atoms with Gasteiger partial charge in [0.2, 0.25) is 0 Å². The number of phenols is 2. The lowest BCUT2D eigenvalue weighted by molar-refractivity contribution is 0.0949. The normalized spacial score (nSPS) is 11.2. The number of benzene rings is 2. The number of nitrogens with one attached hydrogen (secondary N) is 1. The molecule has 0 saturated heterocycles. The fourth-order valence-electron chi connectivity index (χ4n) is 2.72. The van der Waals surface area contributed by atoms with Crippen molar-refractivity contribution >= 4 is 22.9 Å². The fourth-order valence-corrected chi connectivity index (χ4v) is 2.72. The van der Waals surface area contributed by atoms with Gasteiger partial charge in [0.25, 0.3) is 11.5 Å². The highest BCUT2D eigenvalue weighted by molar-refractivity contribution is 6.05. The molecular weight excluding hydrogens is 360 g/mol. The summed E-state index contributed by atoms with van der Waals surface area (Å²) in [6.45, 7) is 2.43. The summed E-state index contributed by atoms with van der Waals surface area (Å²) < 4.78 is 1.30. The number of nitrogens with zero attached hydrogens (tertiary/aromatic N) is 3. The maximum atomic E-state index is 12.6. The van der Waals surface area contributed by atoms with Crippen LogP contribution >= 0.6 is 0 Å². The molecule has 0 aliphatic heterocycles. The molecule has 2 aromatic carbocycles. The molecule has 0 atom stereocenters. The average molecular weight is 380 g/mol. The Morgan fingerprint density at radius 2 is 1.96 bits per heavy atom. The highest BCUT2D eigenvalue weighted by atomic mass is 16.3. The van der Waals surface area contributed by atoms with E-state index in [1.807, 2.05) is 6.92 Å². The molecule has 0 bridgehead atoms. The van der Waals surface area contributed by atoms with Crippen LogP contribution in [0, 0.1) is 0 Å². The van der Waals surface area contributed by atoms with Crippen molar-refractivity contribution in [2.75, 3.05) is 0 Å². The fraction of sp³-hybridized carbons (Fsp3) is 0.200. The number of rotatable bonds is 6. The number of phenolic OH excluding ortho intramolecular Hbond substituents is 2. The summed E-state index contributed by atoms with van der Waals surface area (Å²) in [5.41, 5.74) is 2.54. The van der Waals surface area contributed by atoms with Gasteiger partial charge in [-0.1, -0.05) is 31.5 Å². The second-order valence-electron chi connectivity index (χ2n) is 6.22. The molecule has 0 aliphatic carbocycles. The molecule has 28 heavy (non-hydrogen) atoms. The summed E-state index contributed by atoms with van der Waals surface area (Å²) in [6.07, 6.45) is 2.91. The molecule has 0 spiro atoms. The summed E-state index contributed by atoms with van der Waals surface area (Å²) in [5, 5.41) is 28.0. The largest absolute Gasteiger partial charge is 0.508 e. The van der Waals surface area contributed by atoms with E-state index >= 15 is 0 Å². The number of aromatic nitrogens is 2. The molecule has 3 aromatic rings. The molecule has 8 nitrogen and oxygen atoms in total. The van der Waals surface area contributed by atoms with Crippen LogP contribution in [0.1, 0.15) is 35.8 Å². The zero-order chi connectivity index (χ0) is 20.1. The number of fused-ring (bicyclic) bond motifs is 1. The van der Waals surface area contributed by atoms with Crippen LogP contribution in [0.3, 0.4) is 0 Å². The van der Waals surface area contributed by atoms with Crippen molar-refractivity contribution in [3.8, 4) is 11.5 Å². The third kappa shape index (κ3) is 4.01. The molecule has 0 unspecified atom stereocenters. The summed E-state index contributed by atoms with van der Waals surface area (Å²) in [5.74, 6) is -0.825. The molecule has 1 aromatic heterocycles. The van der Waals surface area contributed by atoms with Crippen LogP contribution < -0.4 is 11.0 Å². The van der Waals surface area contributed by atoms with E-state index in [4.69, 9.17) is 0 Å². The predicted molar refractivity (Wildman–Crippen MR) is 106 cm³/mol. The summed E-state index contributed by atoms with van der Waals surface area (Å²) in [4.78, 5) is 25.2. The monoisotopic (exact) mass is 380 g/mol. The van der Waals surface area contributed by atoms with E-state index in [9.17, 15) is 19.8 Å². The van der Waals surface area contributed by atoms with E-state index in [0.29, 0.717) is 22.9 Å². The molecule has 0 radical (unpaired) electrons. The van der Waals surface area contributed by atoms with E-state index in [1.165, 1.54) is 29.1 Å². The molecule has 0 aliphatic rings. The van der Waals surface area contributed by atoms with Crippen LogP contribution in [0.15, 0.2) is 52.4 Å². The van der Waals surface area contributed by atoms with Crippen LogP contribution in [0.4, 0.5) is 0 Å². The number of hydrazone groups is 1. The predicted octanol–water partition coefficient (Wildman–Crippen LogP) is 2.37. The topological polar surface area (TPSA) is 117 Å². The molecule has 8 heteroatoms. The van der Waals surface area contributed by atoms with Crippen molar-refractivity contribution in [2.45, 2.75) is 26.3 Å². The lowest BCUT2D eigenvalue weighted by Crippen LogP contribution is -2.29. The van der Waals surface area contributed by atoms with Gasteiger partial charge in [0.1, 0.15) is 11.5 Å². The molecule has 3 rings (SSSR count). The molecule has 0 fully saturated rings. The van der Waals surface area contributed by atoms with E-state index in [2.05, 4.69) is 15.6 Å². The number of hydrogen-bond acceptors (Lipinski definition) is 6. The third-order valence-electron chi connectivity index (χ3n) is 4.19. The minimum absolute atomic E-state index is 0.0799. The highest BCUT2D eigenvalue weighted by Gasteiger charge is 2.16. The van der Waals surface area contributed by atoms with E-state index in [-0.39, 0.29) is 22.8 Å². The van der Waals surface area contributed by atoms with Gasteiger partial charge in [0.05, 0.1) is 11.6 Å². The standard InChI is InChI=1S/C20H20N4O4/c1-2-3-10-24-20(28)16-7-5-4-6-15(16)18(23-24)19(27)22-21-12-13-8-9-14(25)11-17(13)26/h4-9,11-12,25-26H,2-3,10H2,1H3,(H,22,27)/b21-12+. The van der Waals surface area contributed by atoms with Gasteiger partial charge < -0.3 is 10.2 Å². The molecular formula is C20H20N4O4. The van der Waals surface area contributed by atoms with E-state index in [1.54, 1.807) is 24.3 Å². The zero-order valence-corrected chi connectivity index (χ0v) is 15.3. The number of amides is 1. The Morgan fingerprint density at radius 1 is 1.21 bits per heavy atom. The number of hydrogen-bond donors (Lipinski definition) is 3. The minimum Gasteiger partial charge on any atom is -0.508 e. The first-order chi connectivity index (χ1) is 13.5. The van der Waals surface area contributed by atoms with Gasteiger partial charge in [-0.3, -0.25) is 9.59 Å². The quantitative estimate of drug-likeness (QED) is 0.448. The number of aromatic hydroxyl groups is 2. The van der Waals surface area contributed by atoms with Gasteiger partial charge in [0.15, 0.2) is 5.69 Å². The van der Waals surface area contributed by atoms with Crippen molar-refractivity contribution in [3.05, 3.63) is 64.1 Å². The van der Waals surface area contributed by atoms with Crippen molar-refractivity contribution in [2.24, 2.45) is 5.10 Å². The second-order valence-corrected chi connectivity index (χ2v) is 6.22. The van der Waals surface area contributed by atoms with Crippen molar-refractivity contribution in [3.63, 3.8) is 0 Å². The highest BCUT2D eigenvalue weighted by Crippen LogP contribution is 2.20. The lowest BCUT2D eigenvalue weighted by Gasteiger charge is -2.09. The Hall–Kier alpha value is -3.68. The van der Waals surface area contributed by atoms with Gasteiger partial charge in [-0.25, -0.2) is 10.1 Å². The first-order valence-corrected chi connectivity index (χ1v) is 8.86. The van der Waals surface area contributed by atoms with Crippen LogP contribution in [0.2, 0.25) is 0 Å². The molecule has 1 amide bonds. The zero-order valence-electron chi connectivity index (χ0n) is 15.3. The van der Waals surface area contributed by atoms with Gasteiger partial charge in [-0.05, 0) is 24.6 Å². The number of unbranched alkanes of at least 4 members (excludes halogenated alkanes) is 1. The van der Waals surface area contributed by atoms with Gasteiger partial charge in [-0.15, -0.1) is 0 Å². The molecule has 3 N–H and O–H groups in total. The third-order valence-corrected chi connectivity index (χ3v) is 4.19. The van der Waals surface area contributed by atoms with Crippen LogP contribution in [-0.2, 0) is 6.54 Å². The van der Waals surface area contributed by atoms with E-state index in [0.717, 1.165) is 12.8 Å². The number of carbonyl (C=O) groups excluding carboxylic acids is 1. The molecule has 1 heterocycles. The Labute approximate surface area is 160 Å². The maximum Gasteiger partial charge on any atom is 0.292 e. The first-order valence-electron chi connectivity index (χ1n) is 8.86. The summed E-state index contributed by atoms with van der Waals surface area (Å²) >= 11 is 0. The van der Waals surface area contributed by atoms with Gasteiger partial charge in [-0.2, -0.15) is 10.2 Å². The van der Waals surface area contributed by atoms with E-state index < -0.39 is 5.91 Å². The van der Waals surface area contributed by atoms with Gasteiger partial charge >= 0.3 is 0 Å². The Morgan fingerprint density at radius 3 is 2.68 bits per heavy atom. The first kappa shape index (κ1) is 19.1. The maximum absolute atomic E-state index is 12.6. The average Bonchev–Trinajstić information content (AvgIpc) is 2.69. The SMILES string of the molecule is CCCCn1nc(C(=O)N/N=C/c2ccc(O)cc2O)c2ccccc2c1=O. The lowest BCUT2D eigenvalue weighted by atomic mass is 10.1. The number of aryl methyl sites for hydroxylation is 1. The Kier molecular flexibility index (Phi) is 5.69.